The second-order valence-electron chi connectivity index (χ2n) is 9.30. The molecule has 2 aliphatic heterocycles. The lowest BCUT2D eigenvalue weighted by Crippen LogP contribution is -2.56. The van der Waals surface area contributed by atoms with Crippen molar-refractivity contribution < 1.29 is 9.18 Å². The van der Waals surface area contributed by atoms with E-state index >= 15 is 0 Å². The van der Waals surface area contributed by atoms with Gasteiger partial charge in [-0.25, -0.2) is 9.82 Å². The van der Waals surface area contributed by atoms with Crippen LogP contribution >= 0.6 is 0 Å². The molecule has 1 saturated carbocycles. The third-order valence-corrected chi connectivity index (χ3v) is 7.52. The van der Waals surface area contributed by atoms with Crippen LogP contribution < -0.4 is 16.2 Å². The molecule has 7 atom stereocenters. The molecule has 1 aromatic carbocycles. The molecule has 3 heterocycles. The highest BCUT2D eigenvalue weighted by Gasteiger charge is 2.48. The van der Waals surface area contributed by atoms with Crippen molar-refractivity contribution in [3.05, 3.63) is 65.2 Å². The monoisotopic (exact) mass is 408 g/mol. The molecular weight excluding hydrogens is 379 g/mol. The molecule has 3 fully saturated rings. The van der Waals surface area contributed by atoms with Gasteiger partial charge in [0, 0.05) is 29.9 Å². The van der Waals surface area contributed by atoms with E-state index in [1.165, 1.54) is 17.7 Å². The SMILES string of the molecule is Cc1cc(C2NNC3CC4NC(=O)C(C(C)c5ccc(F)cc5)CC4CC32)ccn1. The van der Waals surface area contributed by atoms with Crippen LogP contribution in [0.2, 0.25) is 0 Å². The standard InChI is InChI=1S/C24H29FN4O/c1-13-9-16(7-8-26-13)23-20-11-17-10-19(14(2)15-3-5-18(25)6-4-15)24(30)27-21(17)12-22(20)28-29-23/h3-9,14,17,19-23,28-29H,10-12H2,1-2H3,(H,27,30). The minimum Gasteiger partial charge on any atom is -0.353 e. The Morgan fingerprint density at radius 3 is 2.63 bits per heavy atom. The van der Waals surface area contributed by atoms with E-state index in [1.807, 2.05) is 25.3 Å². The molecule has 158 valence electrons. The maximum absolute atomic E-state index is 13.3. The van der Waals surface area contributed by atoms with E-state index in [1.54, 1.807) is 0 Å². The lowest BCUT2D eigenvalue weighted by Gasteiger charge is -2.45. The number of hydrazine groups is 1. The minimum atomic E-state index is -0.240. The van der Waals surface area contributed by atoms with Gasteiger partial charge in [-0.15, -0.1) is 0 Å². The number of carbonyl (C=O) groups excluding carboxylic acids is 1. The zero-order valence-corrected chi connectivity index (χ0v) is 17.4. The summed E-state index contributed by atoms with van der Waals surface area (Å²) in [5.41, 5.74) is 10.3. The zero-order chi connectivity index (χ0) is 20.8. The van der Waals surface area contributed by atoms with E-state index in [0.29, 0.717) is 17.9 Å². The molecule has 0 bridgehead atoms. The summed E-state index contributed by atoms with van der Waals surface area (Å²) in [4.78, 5) is 17.3. The number of aromatic nitrogens is 1. The molecule has 7 unspecified atom stereocenters. The van der Waals surface area contributed by atoms with Gasteiger partial charge in [-0.3, -0.25) is 15.2 Å². The predicted octanol–water partition coefficient (Wildman–Crippen LogP) is 3.38. The number of aryl methyl sites for hydroxylation is 1. The summed E-state index contributed by atoms with van der Waals surface area (Å²) in [6, 6.07) is 11.7. The van der Waals surface area contributed by atoms with E-state index in [2.05, 4.69) is 40.2 Å². The summed E-state index contributed by atoms with van der Waals surface area (Å²) in [6.45, 7) is 4.11. The average molecular weight is 409 g/mol. The molecule has 1 aliphatic carbocycles. The van der Waals surface area contributed by atoms with Crippen molar-refractivity contribution >= 4 is 5.91 Å². The molecule has 1 amide bonds. The van der Waals surface area contributed by atoms with Gasteiger partial charge in [0.1, 0.15) is 5.82 Å². The number of fused-ring (bicyclic) bond motifs is 2. The van der Waals surface area contributed by atoms with Crippen LogP contribution in [0.1, 0.15) is 55.0 Å². The Hall–Kier alpha value is -2.31. The molecule has 0 radical (unpaired) electrons. The molecule has 6 heteroatoms. The third kappa shape index (κ3) is 3.52. The first kappa shape index (κ1) is 19.6. The highest BCUT2D eigenvalue weighted by Crippen LogP contribution is 2.45. The number of nitrogens with zero attached hydrogens (tertiary/aromatic N) is 1. The molecule has 2 saturated heterocycles. The van der Waals surface area contributed by atoms with Crippen LogP contribution in [0.15, 0.2) is 42.6 Å². The highest BCUT2D eigenvalue weighted by molar-refractivity contribution is 5.81. The van der Waals surface area contributed by atoms with E-state index < -0.39 is 0 Å². The fourth-order valence-corrected chi connectivity index (χ4v) is 5.84. The van der Waals surface area contributed by atoms with E-state index in [4.69, 9.17) is 0 Å². The van der Waals surface area contributed by atoms with Crippen LogP contribution in [0, 0.1) is 30.5 Å². The van der Waals surface area contributed by atoms with Crippen molar-refractivity contribution in [1.29, 1.82) is 0 Å². The van der Waals surface area contributed by atoms with Crippen molar-refractivity contribution in [3.63, 3.8) is 0 Å². The van der Waals surface area contributed by atoms with Gasteiger partial charge < -0.3 is 5.32 Å². The lowest BCUT2D eigenvalue weighted by atomic mass is 9.66. The maximum atomic E-state index is 13.3. The molecule has 0 spiro atoms. The molecule has 3 aliphatic rings. The number of halogens is 1. The minimum absolute atomic E-state index is 0.0720. The van der Waals surface area contributed by atoms with E-state index in [-0.39, 0.29) is 35.6 Å². The van der Waals surface area contributed by atoms with Gasteiger partial charge in [-0.05, 0) is 79.3 Å². The summed E-state index contributed by atoms with van der Waals surface area (Å²) in [5.74, 6) is 0.851. The second kappa shape index (κ2) is 7.75. The summed E-state index contributed by atoms with van der Waals surface area (Å²) < 4.78 is 13.3. The molecule has 2 aromatic rings. The Bertz CT molecular complexity index is 933. The Labute approximate surface area is 176 Å². The first-order chi connectivity index (χ1) is 14.5. The second-order valence-corrected chi connectivity index (χ2v) is 9.30. The van der Waals surface area contributed by atoms with Crippen molar-refractivity contribution in [2.24, 2.45) is 17.8 Å². The van der Waals surface area contributed by atoms with Crippen LogP contribution in [0.4, 0.5) is 4.39 Å². The van der Waals surface area contributed by atoms with Crippen LogP contribution in [0.25, 0.3) is 0 Å². The normalized spacial score (nSPS) is 34.0. The van der Waals surface area contributed by atoms with E-state index in [0.717, 1.165) is 30.5 Å². The number of rotatable bonds is 3. The van der Waals surface area contributed by atoms with Crippen molar-refractivity contribution in [2.75, 3.05) is 0 Å². The number of hydrogen-bond donors (Lipinski definition) is 3. The van der Waals surface area contributed by atoms with Crippen LogP contribution in [-0.2, 0) is 4.79 Å². The van der Waals surface area contributed by atoms with Crippen molar-refractivity contribution in [1.82, 2.24) is 21.2 Å². The molecular formula is C24H29FN4O. The number of pyridine rings is 1. The van der Waals surface area contributed by atoms with Crippen molar-refractivity contribution in [3.8, 4) is 0 Å². The summed E-state index contributed by atoms with van der Waals surface area (Å²) in [7, 11) is 0. The fourth-order valence-electron chi connectivity index (χ4n) is 5.84. The Morgan fingerprint density at radius 1 is 1.07 bits per heavy atom. The number of amides is 1. The van der Waals surface area contributed by atoms with Gasteiger partial charge in [-0.2, -0.15) is 0 Å². The maximum Gasteiger partial charge on any atom is 0.223 e. The predicted molar refractivity (Wildman–Crippen MR) is 113 cm³/mol. The van der Waals surface area contributed by atoms with Gasteiger partial charge in [0.25, 0.3) is 0 Å². The van der Waals surface area contributed by atoms with E-state index in [9.17, 15) is 9.18 Å². The first-order valence-corrected chi connectivity index (χ1v) is 11.0. The van der Waals surface area contributed by atoms with Gasteiger partial charge in [0.15, 0.2) is 0 Å². The first-order valence-electron chi connectivity index (χ1n) is 11.0. The van der Waals surface area contributed by atoms with Gasteiger partial charge in [-0.1, -0.05) is 19.1 Å². The smallest absolute Gasteiger partial charge is 0.223 e. The topological polar surface area (TPSA) is 66.0 Å². The third-order valence-electron chi connectivity index (χ3n) is 7.52. The largest absolute Gasteiger partial charge is 0.353 e. The van der Waals surface area contributed by atoms with Crippen LogP contribution in [0.5, 0.6) is 0 Å². The highest BCUT2D eigenvalue weighted by atomic mass is 19.1. The Balaban J connectivity index is 1.33. The summed E-state index contributed by atoms with van der Waals surface area (Å²) >= 11 is 0. The van der Waals surface area contributed by atoms with Gasteiger partial charge >= 0.3 is 0 Å². The Kier molecular flexibility index (Phi) is 5.07. The number of benzene rings is 1. The average Bonchev–Trinajstić information content (AvgIpc) is 3.14. The van der Waals surface area contributed by atoms with Crippen molar-refractivity contribution in [2.45, 2.75) is 57.2 Å². The Morgan fingerprint density at radius 2 is 1.87 bits per heavy atom. The quantitative estimate of drug-likeness (QED) is 0.729. The van der Waals surface area contributed by atoms with Crippen LogP contribution in [-0.4, -0.2) is 23.0 Å². The summed E-state index contributed by atoms with van der Waals surface area (Å²) in [6.07, 6.45) is 4.80. The number of carbonyl (C=O) groups is 1. The molecule has 3 N–H and O–H groups in total. The molecule has 5 rings (SSSR count). The molecule has 30 heavy (non-hydrogen) atoms. The molecule has 1 aromatic heterocycles. The van der Waals surface area contributed by atoms with Crippen LogP contribution in [0.3, 0.4) is 0 Å². The molecule has 5 nitrogen and oxygen atoms in total. The number of nitrogens with one attached hydrogen (secondary N) is 3. The van der Waals surface area contributed by atoms with Gasteiger partial charge in [0.05, 0.1) is 6.04 Å². The number of hydrogen-bond acceptors (Lipinski definition) is 4. The zero-order valence-electron chi connectivity index (χ0n) is 17.4. The number of piperidine rings is 1. The summed E-state index contributed by atoms with van der Waals surface area (Å²) in [5, 5.41) is 3.32. The fraction of sp³-hybridized carbons (Fsp3) is 0.500. The van der Waals surface area contributed by atoms with Gasteiger partial charge in [0.2, 0.25) is 5.91 Å². The lowest BCUT2D eigenvalue weighted by molar-refractivity contribution is -0.131.